The molecule has 0 spiro atoms. The van der Waals surface area contributed by atoms with E-state index in [1.807, 2.05) is 104 Å². The van der Waals surface area contributed by atoms with Crippen LogP contribution in [-0.4, -0.2) is 47.6 Å². The fraction of sp³-hybridized carbons (Fsp3) is 0.126. The topological polar surface area (TPSA) is 190 Å². The van der Waals surface area contributed by atoms with Crippen molar-refractivity contribution in [3.63, 3.8) is 0 Å². The van der Waals surface area contributed by atoms with Crippen molar-refractivity contribution in [3.05, 3.63) is 368 Å². The first-order valence-corrected chi connectivity index (χ1v) is 37.7. The number of rotatable bonds is 13. The summed E-state index contributed by atoms with van der Waals surface area (Å²) in [5, 5.41) is 28.1. The zero-order valence-electron chi connectivity index (χ0n) is 67.6. The second-order valence-electron chi connectivity index (χ2n) is 28.9. The number of benzene rings is 10. The van der Waals surface area contributed by atoms with Gasteiger partial charge in [-0.3, -0.25) is 14.4 Å². The number of aliphatic hydroxyl groups excluding tert-OH is 3. The molecule has 3 N–H and O–H groups in total. The molecular formula is C103H90Ir3N3O9-3. The molecule has 0 aliphatic rings. The zero-order chi connectivity index (χ0) is 81.7. The first-order valence-electron chi connectivity index (χ1n) is 37.7. The molecule has 0 aliphatic heterocycles. The third-order valence-corrected chi connectivity index (χ3v) is 18.4. The van der Waals surface area contributed by atoms with Gasteiger partial charge < -0.3 is 43.5 Å². The van der Waals surface area contributed by atoms with Gasteiger partial charge in [-0.05, 0) is 160 Å². The molecule has 0 atom stereocenters. The summed E-state index contributed by atoms with van der Waals surface area (Å²) < 4.78 is 18.7. The molecular weight excluding hydrogens is 2000 g/mol. The smallest absolute Gasteiger partial charge is 0.155 e. The van der Waals surface area contributed by atoms with E-state index in [1.54, 1.807) is 0 Å². The average Bonchev–Trinajstić information content (AvgIpc) is 1.63. The molecule has 6 heterocycles. The molecule has 15 heteroatoms. The molecule has 6 aromatic heterocycles. The SMILES string of the molecule is CC(=O)C=C(C)O.CC(=O)C=C(C)O.CC(=O)C=C(C)O.CC(C)(C)c1ccc(-c2cc3cnc(-c4[c-]ccc(-c5ccccc5)c4)cc3o2)cc1.Cc1c(-c2ccccc2)oc2cc(-c3[c-]ccc(-c4ccccc4)c3)ncc12.Cc1cccc(C)c1-c1ccc(-c2cc3cnc(-c4[c-]ccc(-c5ccccc5)c4)cc3o2)cc1.[Ir].[Ir].[Ir]. The van der Waals surface area contributed by atoms with Crippen LogP contribution in [0.4, 0.5) is 0 Å². The van der Waals surface area contributed by atoms with Crippen LogP contribution in [-0.2, 0) is 80.1 Å². The van der Waals surface area contributed by atoms with Gasteiger partial charge >= 0.3 is 0 Å². The first kappa shape index (κ1) is 91.4. The minimum absolute atomic E-state index is 0. The second-order valence-corrected chi connectivity index (χ2v) is 28.9. The Labute approximate surface area is 730 Å². The zero-order valence-corrected chi connectivity index (χ0v) is 74.8. The number of carbonyl (C=O) groups excluding carboxylic acids is 3. The molecule has 3 radical (unpaired) electrons. The third-order valence-electron chi connectivity index (χ3n) is 18.4. The Kier molecular flexibility index (Phi) is 33.4. The van der Waals surface area contributed by atoms with Crippen molar-refractivity contribution in [2.75, 3.05) is 0 Å². The van der Waals surface area contributed by atoms with E-state index >= 15 is 0 Å². The molecule has 118 heavy (non-hydrogen) atoms. The number of allylic oxidation sites excluding steroid dienone is 6. The molecule has 0 fully saturated rings. The molecule has 0 bridgehead atoms. The van der Waals surface area contributed by atoms with Gasteiger partial charge in [0, 0.05) is 136 Å². The molecule has 0 saturated heterocycles. The van der Waals surface area contributed by atoms with E-state index in [2.05, 4.69) is 258 Å². The van der Waals surface area contributed by atoms with Crippen molar-refractivity contribution in [1.29, 1.82) is 0 Å². The fourth-order valence-electron chi connectivity index (χ4n) is 12.9. The van der Waals surface area contributed by atoms with E-state index in [0.717, 1.165) is 123 Å². The van der Waals surface area contributed by atoms with Crippen molar-refractivity contribution in [1.82, 2.24) is 15.0 Å². The van der Waals surface area contributed by atoms with E-state index in [9.17, 15) is 14.4 Å². The van der Waals surface area contributed by atoms with Crippen LogP contribution in [0.25, 0.3) is 145 Å². The maximum absolute atomic E-state index is 10.0. The summed E-state index contributed by atoms with van der Waals surface area (Å²) in [6.45, 7) is 21.6. The Bertz CT molecular complexity index is 6040. The van der Waals surface area contributed by atoms with Gasteiger partial charge in [-0.2, -0.15) is 0 Å². The third kappa shape index (κ3) is 25.2. The number of hydrogen-bond acceptors (Lipinski definition) is 12. The van der Waals surface area contributed by atoms with Gasteiger partial charge in [0.15, 0.2) is 17.3 Å². The largest absolute Gasteiger partial charge is 0.512 e. The number of ketones is 3. The van der Waals surface area contributed by atoms with E-state index in [4.69, 9.17) is 33.6 Å². The maximum Gasteiger partial charge on any atom is 0.155 e. The number of aromatic nitrogens is 3. The number of fused-ring (bicyclic) bond motifs is 3. The van der Waals surface area contributed by atoms with Gasteiger partial charge in [0.2, 0.25) is 0 Å². The Morgan fingerprint density at radius 3 is 1.02 bits per heavy atom. The van der Waals surface area contributed by atoms with Gasteiger partial charge in [-0.1, -0.05) is 209 Å². The van der Waals surface area contributed by atoms with Crippen molar-refractivity contribution in [2.45, 2.75) is 88.5 Å². The van der Waals surface area contributed by atoms with Crippen LogP contribution < -0.4 is 0 Å². The predicted octanol–water partition coefficient (Wildman–Crippen LogP) is 26.9. The molecule has 0 saturated carbocycles. The van der Waals surface area contributed by atoms with Crippen molar-refractivity contribution in [3.8, 4) is 112 Å². The van der Waals surface area contributed by atoms with Gasteiger partial charge in [-0.15, -0.1) is 106 Å². The van der Waals surface area contributed by atoms with E-state index in [0.29, 0.717) is 0 Å². The maximum atomic E-state index is 10.0. The summed E-state index contributed by atoms with van der Waals surface area (Å²) >= 11 is 0. The number of aliphatic hydroxyl groups is 3. The fourth-order valence-corrected chi connectivity index (χ4v) is 12.9. The summed E-state index contributed by atoms with van der Waals surface area (Å²) in [5.74, 6) is 2.41. The van der Waals surface area contributed by atoms with Crippen LogP contribution in [0.15, 0.2) is 340 Å². The molecule has 10 aromatic carbocycles. The summed E-state index contributed by atoms with van der Waals surface area (Å²) in [6.07, 6.45) is 9.16. The number of pyridine rings is 3. The number of furan rings is 3. The van der Waals surface area contributed by atoms with Crippen LogP contribution in [0.2, 0.25) is 0 Å². The molecule has 0 amide bonds. The number of hydrogen-bond donors (Lipinski definition) is 3. The van der Waals surface area contributed by atoms with E-state index in [1.165, 1.54) is 104 Å². The van der Waals surface area contributed by atoms with Gasteiger partial charge in [-0.25, -0.2) is 0 Å². The van der Waals surface area contributed by atoms with Crippen molar-refractivity contribution < 1.29 is 103 Å². The van der Waals surface area contributed by atoms with E-state index in [-0.39, 0.29) is 100 Å². The van der Waals surface area contributed by atoms with Crippen LogP contribution in [0.5, 0.6) is 0 Å². The van der Waals surface area contributed by atoms with Gasteiger partial charge in [0.05, 0.1) is 17.3 Å². The number of carbonyl (C=O) groups is 3. The summed E-state index contributed by atoms with van der Waals surface area (Å²) in [7, 11) is 0. The minimum atomic E-state index is -0.125. The summed E-state index contributed by atoms with van der Waals surface area (Å²) in [5.41, 5.74) is 25.7. The Hall–Kier alpha value is -12.2. The van der Waals surface area contributed by atoms with Gasteiger partial charge in [0.25, 0.3) is 0 Å². The molecule has 601 valence electrons. The van der Waals surface area contributed by atoms with Crippen molar-refractivity contribution in [2.24, 2.45) is 0 Å². The molecule has 0 aliphatic carbocycles. The molecule has 16 aromatic rings. The summed E-state index contributed by atoms with van der Waals surface area (Å²) in [4.78, 5) is 44.1. The van der Waals surface area contributed by atoms with Crippen molar-refractivity contribution >= 4 is 50.3 Å². The monoisotopic (exact) mass is 2090 g/mol. The number of aryl methyl sites for hydroxylation is 3. The average molecular weight is 2090 g/mol. The normalized spacial score (nSPS) is 11.0. The van der Waals surface area contributed by atoms with Crippen LogP contribution >= 0.6 is 0 Å². The van der Waals surface area contributed by atoms with Gasteiger partial charge in [0.1, 0.15) is 34.0 Å². The number of nitrogens with zero attached hydrogens (tertiary/aromatic N) is 3. The Morgan fingerprint density at radius 1 is 0.347 bits per heavy atom. The molecule has 0 unspecified atom stereocenters. The summed E-state index contributed by atoms with van der Waals surface area (Å²) in [6, 6.07) is 103. The predicted molar refractivity (Wildman–Crippen MR) is 467 cm³/mol. The standard InChI is InChI=1S/C33H24NO.C29H24NO.C26H18NO.3C5H8O2.3Ir/c1-22-8-6-9-23(2)33(22)26-16-14-25(15-17-26)31-19-29-21-34-30(20-32(29)35-31)28-13-7-12-27(18-28)24-10-4-3-5-11-24;1-29(2,3)25-14-12-21(13-15-25)27-17-24-19-30-26(18-28(24)31-27)23-11-7-10-22(16-23)20-8-5-4-6-9-20;1-18-23-17-27-24(16-25(23)28-26(18)20-11-6-3-7-12-20)22-14-8-13-21(15-22)19-9-4-2-5-10-19;3*1-4(6)3-5(2)7;;;/h3-12,14-21H,1-2H3;4-10,12-19H,1-3H3;2-13,15-17H,1H3;3*3,6H,1-2H3;;;/q3*-1;;;;;;. The molecule has 12 nitrogen and oxygen atoms in total. The van der Waals surface area contributed by atoms with Crippen LogP contribution in [0.3, 0.4) is 0 Å². The minimum Gasteiger partial charge on any atom is -0.512 e. The Balaban J connectivity index is 0.000000195. The molecule has 16 rings (SSSR count). The van der Waals surface area contributed by atoms with E-state index < -0.39 is 0 Å². The van der Waals surface area contributed by atoms with Crippen LogP contribution in [0.1, 0.15) is 84.6 Å². The second kappa shape index (κ2) is 43.2. The van der Waals surface area contributed by atoms with Crippen LogP contribution in [0, 0.1) is 39.0 Å². The quantitative estimate of drug-likeness (QED) is 0.0563. The Morgan fingerprint density at radius 2 is 0.678 bits per heavy atom. The first-order chi connectivity index (χ1) is 55.3.